The van der Waals surface area contributed by atoms with Crippen molar-refractivity contribution in [2.75, 3.05) is 60.7 Å². The van der Waals surface area contributed by atoms with Crippen LogP contribution in [-0.4, -0.2) is 132 Å². The fourth-order valence-electron chi connectivity index (χ4n) is 12.4. The van der Waals surface area contributed by atoms with Gasteiger partial charge in [-0.25, -0.2) is 0 Å². The molecular formula is C67H103N5OSi2. The van der Waals surface area contributed by atoms with Crippen LogP contribution in [0.5, 0.6) is 0 Å². The zero-order valence-electron chi connectivity index (χ0n) is 49.6. The first kappa shape index (κ1) is 60.5. The molecule has 0 saturated carbocycles. The molecule has 6 nitrogen and oxygen atoms in total. The van der Waals surface area contributed by atoms with Gasteiger partial charge in [-0.2, -0.15) is 0 Å². The maximum absolute atomic E-state index is 6.28. The average molecular weight is 1050 g/mol. The van der Waals surface area contributed by atoms with E-state index in [1.54, 1.807) is 33.4 Å². The number of fused-ring (bicyclic) bond motifs is 4. The molecule has 1 aliphatic heterocycles. The van der Waals surface area contributed by atoms with Crippen LogP contribution in [0.1, 0.15) is 116 Å². The number of nitrogens with zero attached hydrogens (tertiary/aromatic N) is 5. The van der Waals surface area contributed by atoms with E-state index < -0.39 is 16.6 Å². The zero-order valence-corrected chi connectivity index (χ0v) is 51.6. The first-order valence-corrected chi connectivity index (χ1v) is 35.7. The highest BCUT2D eigenvalue weighted by Gasteiger charge is 2.42. The number of likely N-dealkylation sites (N-methyl/N-ethyl adjacent to an activating group) is 4. The molecule has 8 heteroatoms. The smallest absolute Gasteiger partial charge is 0.187 e. The minimum Gasteiger partial charge on any atom is -0.454 e. The van der Waals surface area contributed by atoms with Crippen LogP contribution in [0, 0.1) is 0 Å². The Morgan fingerprint density at radius 2 is 0.813 bits per heavy atom. The second-order valence-corrected chi connectivity index (χ2v) is 33.1. The molecule has 0 bridgehead atoms. The highest BCUT2D eigenvalue weighted by Crippen LogP contribution is 2.28. The zero-order chi connectivity index (χ0) is 54.0. The topological polar surface area (TPSA) is 25.4 Å². The van der Waals surface area contributed by atoms with Gasteiger partial charge in [0, 0.05) is 49.1 Å². The van der Waals surface area contributed by atoms with Gasteiger partial charge in [0.1, 0.15) is 0 Å². The molecule has 10 rings (SSSR count). The normalized spacial score (nSPS) is 20.5. The minimum atomic E-state index is -1.36. The SMILES string of the molecule is CC(C)N1C[Si](C)(C)O[Si](C)(C)C1.CCCCN(C)C1CCc2ccccc2C1.CCCN(C)C1CCc2ccccc2C1.CN(C)C1CCc2ccccc2C1.CN(Cc1ccccc1)C1Cc2ccccc2C1. The summed E-state index contributed by atoms with van der Waals surface area (Å²) in [5.74, 6) is 0. The van der Waals surface area contributed by atoms with Gasteiger partial charge < -0.3 is 23.7 Å². The lowest BCUT2D eigenvalue weighted by Crippen LogP contribution is -2.64. The maximum atomic E-state index is 6.28. The van der Waals surface area contributed by atoms with E-state index in [9.17, 15) is 0 Å². The molecule has 75 heavy (non-hydrogen) atoms. The predicted octanol–water partition coefficient (Wildman–Crippen LogP) is 13.8. The van der Waals surface area contributed by atoms with E-state index in [2.05, 4.69) is 241 Å². The Morgan fingerprint density at radius 3 is 1.21 bits per heavy atom. The van der Waals surface area contributed by atoms with Crippen LogP contribution in [0.3, 0.4) is 0 Å². The Labute approximate surface area is 461 Å². The summed E-state index contributed by atoms with van der Waals surface area (Å²) >= 11 is 0. The van der Waals surface area contributed by atoms with E-state index in [-0.39, 0.29) is 0 Å². The second-order valence-electron chi connectivity index (χ2n) is 24.6. The molecule has 0 radical (unpaired) electrons. The highest BCUT2D eigenvalue weighted by molar-refractivity contribution is 6.86. The summed E-state index contributed by atoms with van der Waals surface area (Å²) in [5.41, 5.74) is 13.8. The third-order valence-electron chi connectivity index (χ3n) is 16.8. The Hall–Kier alpha value is -3.71. The molecule has 1 fully saturated rings. The Morgan fingerprint density at radius 1 is 0.453 bits per heavy atom. The van der Waals surface area contributed by atoms with E-state index in [4.69, 9.17) is 4.12 Å². The number of benzene rings is 5. The summed E-state index contributed by atoms with van der Waals surface area (Å²) in [4.78, 5) is 12.5. The van der Waals surface area contributed by atoms with Gasteiger partial charge in [0.25, 0.3) is 0 Å². The predicted molar refractivity (Wildman–Crippen MR) is 329 cm³/mol. The van der Waals surface area contributed by atoms with Gasteiger partial charge in [-0.1, -0.05) is 148 Å². The Bertz CT molecular complexity index is 2380. The Kier molecular flexibility index (Phi) is 24.1. The van der Waals surface area contributed by atoms with Crippen molar-refractivity contribution in [1.82, 2.24) is 24.5 Å². The molecule has 3 atom stereocenters. The van der Waals surface area contributed by atoms with E-state index >= 15 is 0 Å². The van der Waals surface area contributed by atoms with Crippen LogP contribution >= 0.6 is 0 Å². The molecule has 4 aliphatic carbocycles. The lowest BCUT2D eigenvalue weighted by atomic mass is 9.87. The number of hydrogen-bond acceptors (Lipinski definition) is 6. The second kappa shape index (κ2) is 29.9. The summed E-state index contributed by atoms with van der Waals surface area (Å²) in [6.45, 7) is 22.0. The summed E-state index contributed by atoms with van der Waals surface area (Å²) in [6, 6.07) is 49.8. The molecule has 1 saturated heterocycles. The van der Waals surface area contributed by atoms with E-state index in [0.29, 0.717) is 12.1 Å². The van der Waals surface area contributed by atoms with Gasteiger partial charge in [-0.15, -0.1) is 0 Å². The highest BCUT2D eigenvalue weighted by atomic mass is 28.4. The third-order valence-corrected chi connectivity index (χ3v) is 23.5. The summed E-state index contributed by atoms with van der Waals surface area (Å²) < 4.78 is 6.28. The van der Waals surface area contributed by atoms with E-state index in [1.165, 1.54) is 132 Å². The summed E-state index contributed by atoms with van der Waals surface area (Å²) in [5, 5.41) is 0. The van der Waals surface area contributed by atoms with Crippen molar-refractivity contribution in [1.29, 1.82) is 0 Å². The van der Waals surface area contributed by atoms with Gasteiger partial charge >= 0.3 is 0 Å². The van der Waals surface area contributed by atoms with Crippen molar-refractivity contribution in [3.05, 3.63) is 177 Å². The lowest BCUT2D eigenvalue weighted by Gasteiger charge is -2.47. The van der Waals surface area contributed by atoms with Crippen molar-refractivity contribution >= 4 is 16.6 Å². The van der Waals surface area contributed by atoms with Gasteiger partial charge in [0.05, 0.1) is 0 Å². The van der Waals surface area contributed by atoms with E-state index in [1.807, 2.05) is 0 Å². The van der Waals surface area contributed by atoms with Gasteiger partial charge in [-0.3, -0.25) is 4.90 Å². The van der Waals surface area contributed by atoms with Gasteiger partial charge in [0.2, 0.25) is 0 Å². The first-order valence-electron chi connectivity index (χ1n) is 29.5. The molecule has 5 aliphatic rings. The van der Waals surface area contributed by atoms with Crippen molar-refractivity contribution in [2.24, 2.45) is 0 Å². The van der Waals surface area contributed by atoms with Crippen LogP contribution in [0.15, 0.2) is 127 Å². The standard InChI is InChI=1S/C17H19N.C15H23N.C14H21N.C12H17N.C9H23NOSi2/c1-18(13-14-7-3-2-4-8-14)17-11-15-9-5-6-10-16(15)12-17;1-3-4-11-16(2)15-10-9-13-7-5-6-8-14(13)12-15;1-3-10-15(2)14-9-8-12-6-4-5-7-13(12)11-14;1-13(2)12-8-7-10-5-3-4-6-11(10)9-12;1-9(2)10-7-12(3,4)11-13(5,6)8-10/h2-10,17H,11-13H2,1H3;5-8,15H,3-4,9-12H2,1-2H3;4-7,14H,3,8-11H2,1-2H3;3-6,12H,7-9H2,1-2H3;9H,7-8H2,1-6H3. The maximum Gasteiger partial charge on any atom is 0.187 e. The minimum absolute atomic E-state index is 0.655. The van der Waals surface area contributed by atoms with Gasteiger partial charge in [-0.05, 0) is 222 Å². The number of aryl methyl sites for hydroxylation is 3. The summed E-state index contributed by atoms with van der Waals surface area (Å²) in [7, 11) is 8.42. The molecule has 1 heterocycles. The summed E-state index contributed by atoms with van der Waals surface area (Å²) in [6.07, 6.45) is 20.1. The van der Waals surface area contributed by atoms with Crippen LogP contribution in [-0.2, 0) is 62.0 Å². The molecule has 0 N–H and O–H groups in total. The number of hydrogen-bond donors (Lipinski definition) is 0. The van der Waals surface area contributed by atoms with Gasteiger partial charge in [0.15, 0.2) is 16.6 Å². The molecule has 0 spiro atoms. The monoisotopic (exact) mass is 1050 g/mol. The first-order chi connectivity index (χ1) is 35.9. The van der Waals surface area contributed by atoms with Crippen molar-refractivity contribution in [2.45, 2.75) is 181 Å². The number of rotatable bonds is 12. The van der Waals surface area contributed by atoms with Crippen LogP contribution < -0.4 is 0 Å². The fraction of sp³-hybridized carbons (Fsp3) is 0.552. The van der Waals surface area contributed by atoms with Crippen LogP contribution in [0.25, 0.3) is 0 Å². The van der Waals surface area contributed by atoms with Crippen molar-refractivity contribution < 1.29 is 4.12 Å². The van der Waals surface area contributed by atoms with Crippen LogP contribution in [0.2, 0.25) is 26.2 Å². The van der Waals surface area contributed by atoms with Crippen molar-refractivity contribution in [3.8, 4) is 0 Å². The Balaban J connectivity index is 0.000000153. The molecule has 3 unspecified atom stereocenters. The largest absolute Gasteiger partial charge is 0.454 e. The molecule has 0 amide bonds. The van der Waals surface area contributed by atoms with E-state index in [0.717, 1.165) is 24.7 Å². The molecule has 410 valence electrons. The van der Waals surface area contributed by atoms with Crippen LogP contribution in [0.4, 0.5) is 0 Å². The lowest BCUT2D eigenvalue weighted by molar-refractivity contribution is 0.219. The fourth-order valence-corrected chi connectivity index (χ4v) is 22.0. The molecule has 5 aromatic carbocycles. The number of unbranched alkanes of at least 4 members (excludes halogenated alkanes) is 1. The quantitative estimate of drug-likeness (QED) is 0.116. The molecular weight excluding hydrogens is 947 g/mol. The molecule has 0 aromatic heterocycles. The third kappa shape index (κ3) is 19.3. The molecule has 5 aromatic rings. The van der Waals surface area contributed by atoms with Crippen molar-refractivity contribution in [3.63, 3.8) is 0 Å². The average Bonchev–Trinajstić information content (AvgIpc) is 3.85.